The predicted octanol–water partition coefficient (Wildman–Crippen LogP) is -3.48. The molecule has 0 spiro atoms. The molecule has 1 atom stereocenters. The standard InChI is InChI=1S/C11H16O8.C5H12O4/c12-5-11(6-13,7-14)8(1-2-9(15)16)19-4-3-10(17)18;6-1-5(2-7,3-8)4-9/h1-4,8,12-14H,5-7H2,(H,15,16)(H,17,18);6-9H,1-4H2. The highest BCUT2D eigenvalue weighted by atomic mass is 16.5. The Kier molecular flexibility index (Phi) is 15.0. The van der Waals surface area contributed by atoms with Crippen LogP contribution in [0.3, 0.4) is 0 Å². The summed E-state index contributed by atoms with van der Waals surface area (Å²) < 4.78 is 4.95. The molecule has 0 aromatic rings. The number of ether oxygens (including phenoxy) is 1. The van der Waals surface area contributed by atoms with Gasteiger partial charge in [0.25, 0.3) is 0 Å². The fraction of sp³-hybridized carbons (Fsp3) is 0.625. The Morgan fingerprint density at radius 3 is 1.36 bits per heavy atom. The second kappa shape index (κ2) is 14.9. The number of hydrogen-bond acceptors (Lipinski definition) is 10. The van der Waals surface area contributed by atoms with Crippen molar-refractivity contribution in [2.75, 3.05) is 46.2 Å². The van der Waals surface area contributed by atoms with Gasteiger partial charge >= 0.3 is 11.9 Å². The third-order valence-corrected chi connectivity index (χ3v) is 3.74. The van der Waals surface area contributed by atoms with Crippen LogP contribution in [0.15, 0.2) is 24.5 Å². The zero-order valence-electron chi connectivity index (χ0n) is 15.1. The van der Waals surface area contributed by atoms with Crippen LogP contribution in [0.2, 0.25) is 0 Å². The van der Waals surface area contributed by atoms with Crippen molar-refractivity contribution in [2.45, 2.75) is 6.10 Å². The fourth-order valence-corrected chi connectivity index (χ4v) is 1.47. The monoisotopic (exact) mass is 412 g/mol. The van der Waals surface area contributed by atoms with Crippen molar-refractivity contribution < 1.29 is 60.3 Å². The fourth-order valence-electron chi connectivity index (χ4n) is 1.47. The van der Waals surface area contributed by atoms with E-state index in [2.05, 4.69) is 0 Å². The molecule has 0 saturated heterocycles. The minimum atomic E-state index is -1.53. The normalized spacial score (nSPS) is 13.2. The SMILES string of the molecule is O=C(O)C=COC(C=CC(=O)O)C(CO)(CO)CO.OCC(CO)(CO)CO. The van der Waals surface area contributed by atoms with Crippen molar-refractivity contribution in [3.8, 4) is 0 Å². The molecule has 12 nitrogen and oxygen atoms in total. The lowest BCUT2D eigenvalue weighted by Crippen LogP contribution is -2.45. The summed E-state index contributed by atoms with van der Waals surface area (Å²) in [6.45, 7) is -3.68. The number of rotatable bonds is 13. The average Bonchev–Trinajstić information content (AvgIpc) is 2.69. The minimum Gasteiger partial charge on any atom is -0.493 e. The lowest BCUT2D eigenvalue weighted by Gasteiger charge is -2.33. The van der Waals surface area contributed by atoms with E-state index in [0.717, 1.165) is 12.3 Å². The van der Waals surface area contributed by atoms with E-state index in [1.807, 2.05) is 0 Å². The third-order valence-electron chi connectivity index (χ3n) is 3.74. The van der Waals surface area contributed by atoms with E-state index in [0.29, 0.717) is 12.2 Å². The summed E-state index contributed by atoms with van der Waals surface area (Å²) in [5.41, 5.74) is -2.64. The summed E-state index contributed by atoms with van der Waals surface area (Å²) in [7, 11) is 0. The van der Waals surface area contributed by atoms with Gasteiger partial charge in [0.1, 0.15) is 6.10 Å². The molecule has 0 aromatic carbocycles. The molecule has 0 aliphatic carbocycles. The smallest absolute Gasteiger partial charge is 0.331 e. The van der Waals surface area contributed by atoms with E-state index in [-0.39, 0.29) is 0 Å². The Morgan fingerprint density at radius 2 is 1.11 bits per heavy atom. The second-order valence-corrected chi connectivity index (χ2v) is 5.86. The number of hydrogen-bond donors (Lipinski definition) is 9. The van der Waals surface area contributed by atoms with E-state index in [4.69, 9.17) is 35.4 Å². The topological polar surface area (TPSA) is 225 Å². The Labute approximate surface area is 160 Å². The van der Waals surface area contributed by atoms with Gasteiger partial charge in [-0.3, -0.25) is 0 Å². The molecule has 0 aliphatic rings. The Morgan fingerprint density at radius 1 is 0.714 bits per heavy atom. The molecular weight excluding hydrogens is 384 g/mol. The van der Waals surface area contributed by atoms with Gasteiger partial charge in [-0.05, 0) is 6.08 Å². The predicted molar refractivity (Wildman–Crippen MR) is 92.9 cm³/mol. The molecule has 0 radical (unpaired) electrons. The van der Waals surface area contributed by atoms with Crippen molar-refractivity contribution >= 4 is 11.9 Å². The van der Waals surface area contributed by atoms with Gasteiger partial charge in [-0.1, -0.05) is 0 Å². The quantitative estimate of drug-likeness (QED) is 0.106. The van der Waals surface area contributed by atoms with Gasteiger partial charge in [0, 0.05) is 6.08 Å². The van der Waals surface area contributed by atoms with Crippen molar-refractivity contribution in [1.82, 2.24) is 0 Å². The highest BCUT2D eigenvalue weighted by Crippen LogP contribution is 2.24. The first kappa shape index (κ1) is 28.2. The van der Waals surface area contributed by atoms with Crippen LogP contribution in [0, 0.1) is 10.8 Å². The summed E-state index contributed by atoms with van der Waals surface area (Å²) >= 11 is 0. The van der Waals surface area contributed by atoms with Crippen LogP contribution >= 0.6 is 0 Å². The van der Waals surface area contributed by atoms with Gasteiger partial charge in [-0.15, -0.1) is 0 Å². The summed E-state index contributed by atoms with van der Waals surface area (Å²) in [4.78, 5) is 20.7. The summed E-state index contributed by atoms with van der Waals surface area (Å²) in [5.74, 6) is -2.58. The van der Waals surface area contributed by atoms with Gasteiger partial charge in [0.2, 0.25) is 0 Å². The molecule has 0 aliphatic heterocycles. The van der Waals surface area contributed by atoms with Crippen molar-refractivity contribution in [1.29, 1.82) is 0 Å². The average molecular weight is 412 g/mol. The minimum absolute atomic E-state index is 0.406. The molecule has 0 saturated carbocycles. The van der Waals surface area contributed by atoms with E-state index in [9.17, 15) is 24.9 Å². The van der Waals surface area contributed by atoms with Gasteiger partial charge in [0.05, 0.1) is 69.4 Å². The highest BCUT2D eigenvalue weighted by molar-refractivity contribution is 5.80. The molecule has 164 valence electrons. The summed E-state index contributed by atoms with van der Waals surface area (Å²) in [5, 5.41) is 78.5. The van der Waals surface area contributed by atoms with E-state index in [1.54, 1.807) is 0 Å². The first-order valence-electron chi connectivity index (χ1n) is 7.88. The molecule has 0 rings (SSSR count). The molecule has 0 aromatic heterocycles. The number of aliphatic hydroxyl groups excluding tert-OH is 7. The first-order valence-corrected chi connectivity index (χ1v) is 7.88. The summed E-state index contributed by atoms with van der Waals surface area (Å²) in [6, 6.07) is 0. The number of carbonyl (C=O) groups is 2. The molecule has 0 bridgehead atoms. The van der Waals surface area contributed by atoms with Crippen LogP contribution in [-0.4, -0.2) is 110 Å². The molecule has 28 heavy (non-hydrogen) atoms. The molecule has 1 unspecified atom stereocenters. The van der Waals surface area contributed by atoms with Crippen molar-refractivity contribution in [3.63, 3.8) is 0 Å². The number of aliphatic hydroxyl groups is 7. The molecule has 0 amide bonds. The molecule has 0 heterocycles. The van der Waals surface area contributed by atoms with E-state index in [1.165, 1.54) is 0 Å². The molecule has 12 heteroatoms. The van der Waals surface area contributed by atoms with Crippen LogP contribution in [0.1, 0.15) is 0 Å². The van der Waals surface area contributed by atoms with Crippen LogP contribution < -0.4 is 0 Å². The highest BCUT2D eigenvalue weighted by Gasteiger charge is 2.37. The van der Waals surface area contributed by atoms with Gasteiger partial charge in [-0.2, -0.15) is 0 Å². The van der Waals surface area contributed by atoms with E-state index < -0.39 is 75.1 Å². The van der Waals surface area contributed by atoms with Crippen LogP contribution in [0.5, 0.6) is 0 Å². The number of carboxylic acid groups (broad SMARTS) is 2. The second-order valence-electron chi connectivity index (χ2n) is 5.86. The number of carboxylic acids is 2. The third kappa shape index (κ3) is 9.75. The van der Waals surface area contributed by atoms with Crippen LogP contribution in [0.4, 0.5) is 0 Å². The summed E-state index contributed by atoms with van der Waals surface area (Å²) in [6.07, 6.45) is 1.92. The Bertz CT molecular complexity index is 468. The van der Waals surface area contributed by atoms with Gasteiger partial charge in [0.15, 0.2) is 0 Å². The maximum Gasteiger partial charge on any atom is 0.331 e. The lowest BCUT2D eigenvalue weighted by molar-refractivity contribution is -0.132. The zero-order chi connectivity index (χ0) is 22.2. The largest absolute Gasteiger partial charge is 0.493 e. The Balaban J connectivity index is 0. The van der Waals surface area contributed by atoms with Gasteiger partial charge < -0.3 is 50.7 Å². The van der Waals surface area contributed by atoms with Crippen LogP contribution in [0.25, 0.3) is 0 Å². The maximum absolute atomic E-state index is 10.4. The van der Waals surface area contributed by atoms with Crippen molar-refractivity contribution in [3.05, 3.63) is 24.5 Å². The maximum atomic E-state index is 10.4. The van der Waals surface area contributed by atoms with Gasteiger partial charge in [-0.25, -0.2) is 9.59 Å². The molecular formula is C16H28O12. The van der Waals surface area contributed by atoms with Crippen molar-refractivity contribution in [2.24, 2.45) is 10.8 Å². The van der Waals surface area contributed by atoms with Crippen LogP contribution in [-0.2, 0) is 14.3 Å². The zero-order valence-corrected chi connectivity index (χ0v) is 15.1. The van der Waals surface area contributed by atoms with E-state index >= 15 is 0 Å². The Hall–Kier alpha value is -2.06. The lowest BCUT2D eigenvalue weighted by atomic mass is 9.84. The first-order chi connectivity index (χ1) is 13.2. The molecule has 9 N–H and O–H groups in total. The molecule has 0 fully saturated rings. The number of aliphatic carboxylic acids is 2.